The van der Waals surface area contributed by atoms with Crippen molar-refractivity contribution in [1.82, 2.24) is 5.32 Å². The molecule has 0 heterocycles. The molecule has 0 aliphatic rings. The van der Waals surface area contributed by atoms with Gasteiger partial charge in [0.2, 0.25) is 5.91 Å². The first-order valence-electron chi connectivity index (χ1n) is 10.3. The molecule has 3 aromatic carbocycles. The van der Waals surface area contributed by atoms with Crippen molar-refractivity contribution in [2.75, 3.05) is 10.8 Å². The number of rotatable bonds is 8. The smallest absolute Gasteiger partial charge is 0.271 e. The molecule has 0 aromatic heterocycles. The Kier molecular flexibility index (Phi) is 7.13. The number of nitrogens with zero attached hydrogens (tertiary/aromatic N) is 2. The van der Waals surface area contributed by atoms with Crippen molar-refractivity contribution >= 4 is 27.3 Å². The SMILES string of the molecule is Cc1ccc(C)c(C(C)NC(=O)CN(c2cccc([N+](=O)[O-])c2)S(=O)(=O)c2ccccc2)c1. The average molecular weight is 468 g/mol. The molecule has 0 bridgehead atoms. The van der Waals surface area contributed by atoms with Crippen LogP contribution in [0, 0.1) is 24.0 Å². The van der Waals surface area contributed by atoms with Gasteiger partial charge in [0.05, 0.1) is 21.5 Å². The summed E-state index contributed by atoms with van der Waals surface area (Å²) in [4.78, 5) is 23.6. The highest BCUT2D eigenvalue weighted by molar-refractivity contribution is 7.92. The number of carbonyl (C=O) groups is 1. The Hall–Kier alpha value is -3.72. The second kappa shape index (κ2) is 9.83. The summed E-state index contributed by atoms with van der Waals surface area (Å²) in [6.07, 6.45) is 0. The van der Waals surface area contributed by atoms with Gasteiger partial charge in [0.1, 0.15) is 6.54 Å². The highest BCUT2D eigenvalue weighted by Crippen LogP contribution is 2.27. The highest BCUT2D eigenvalue weighted by atomic mass is 32.2. The van der Waals surface area contributed by atoms with Gasteiger partial charge in [-0.1, -0.05) is 48.0 Å². The monoisotopic (exact) mass is 467 g/mol. The molecule has 3 aromatic rings. The van der Waals surface area contributed by atoms with Crippen LogP contribution in [-0.4, -0.2) is 25.8 Å². The molecular formula is C24H25N3O5S. The number of hydrogen-bond acceptors (Lipinski definition) is 5. The molecule has 172 valence electrons. The first kappa shape index (κ1) is 23.9. The van der Waals surface area contributed by atoms with Crippen LogP contribution in [0.5, 0.6) is 0 Å². The van der Waals surface area contributed by atoms with E-state index in [9.17, 15) is 23.3 Å². The Morgan fingerprint density at radius 1 is 1.03 bits per heavy atom. The molecule has 3 rings (SSSR count). The number of nitro benzene ring substituents is 1. The summed E-state index contributed by atoms with van der Waals surface area (Å²) in [5.41, 5.74) is 2.73. The van der Waals surface area contributed by atoms with Gasteiger partial charge < -0.3 is 5.32 Å². The van der Waals surface area contributed by atoms with E-state index < -0.39 is 27.4 Å². The predicted octanol–water partition coefficient (Wildman–Crippen LogP) is 4.28. The van der Waals surface area contributed by atoms with Crippen molar-refractivity contribution in [3.05, 3.63) is 99.6 Å². The summed E-state index contributed by atoms with van der Waals surface area (Å²) in [6, 6.07) is 18.4. The Labute approximate surface area is 193 Å². The first-order chi connectivity index (χ1) is 15.6. The van der Waals surface area contributed by atoms with Crippen molar-refractivity contribution in [2.45, 2.75) is 31.7 Å². The van der Waals surface area contributed by atoms with E-state index in [0.29, 0.717) is 0 Å². The minimum absolute atomic E-state index is 0.0214. The molecule has 33 heavy (non-hydrogen) atoms. The number of nitrogens with one attached hydrogen (secondary N) is 1. The van der Waals surface area contributed by atoms with Crippen LogP contribution in [0.3, 0.4) is 0 Å². The van der Waals surface area contributed by atoms with E-state index in [4.69, 9.17) is 0 Å². The third-order valence-corrected chi connectivity index (χ3v) is 7.01. The number of carbonyl (C=O) groups excluding carboxylic acids is 1. The van der Waals surface area contributed by atoms with Crippen molar-refractivity contribution in [1.29, 1.82) is 0 Å². The van der Waals surface area contributed by atoms with Crippen LogP contribution < -0.4 is 9.62 Å². The zero-order valence-corrected chi connectivity index (χ0v) is 19.4. The van der Waals surface area contributed by atoms with Crippen molar-refractivity contribution in [3.63, 3.8) is 0 Å². The number of non-ortho nitro benzene ring substituents is 1. The fourth-order valence-corrected chi connectivity index (χ4v) is 4.95. The van der Waals surface area contributed by atoms with Crippen LogP contribution in [0.25, 0.3) is 0 Å². The van der Waals surface area contributed by atoms with Gasteiger partial charge in [-0.05, 0) is 50.1 Å². The van der Waals surface area contributed by atoms with Crippen LogP contribution in [0.15, 0.2) is 77.7 Å². The minimum atomic E-state index is -4.16. The summed E-state index contributed by atoms with van der Waals surface area (Å²) < 4.78 is 27.6. The summed E-state index contributed by atoms with van der Waals surface area (Å²) in [5.74, 6) is -0.533. The first-order valence-corrected chi connectivity index (χ1v) is 11.7. The molecule has 0 aliphatic carbocycles. The second-order valence-corrected chi connectivity index (χ2v) is 9.61. The van der Waals surface area contributed by atoms with Gasteiger partial charge >= 0.3 is 0 Å². The normalized spacial score (nSPS) is 12.1. The van der Waals surface area contributed by atoms with Crippen LogP contribution in [0.1, 0.15) is 29.7 Å². The van der Waals surface area contributed by atoms with Gasteiger partial charge in [-0.25, -0.2) is 8.42 Å². The van der Waals surface area contributed by atoms with Gasteiger partial charge in [0.25, 0.3) is 15.7 Å². The van der Waals surface area contributed by atoms with Gasteiger partial charge in [-0.2, -0.15) is 0 Å². The Morgan fingerprint density at radius 3 is 2.39 bits per heavy atom. The lowest BCUT2D eigenvalue weighted by molar-refractivity contribution is -0.384. The molecule has 0 radical (unpaired) electrons. The van der Waals surface area contributed by atoms with E-state index in [-0.39, 0.29) is 22.3 Å². The zero-order chi connectivity index (χ0) is 24.2. The van der Waals surface area contributed by atoms with Crippen LogP contribution in [0.4, 0.5) is 11.4 Å². The zero-order valence-electron chi connectivity index (χ0n) is 18.6. The number of amides is 1. The highest BCUT2D eigenvalue weighted by Gasteiger charge is 2.28. The maximum Gasteiger partial charge on any atom is 0.271 e. The predicted molar refractivity (Wildman–Crippen MR) is 127 cm³/mol. The standard InChI is InChI=1S/C24H25N3O5S/c1-17-12-13-18(2)23(14-17)19(3)25-24(28)16-26(20-8-7-9-21(15-20)27(29)30)33(31,32)22-10-5-4-6-11-22/h4-15,19H,16H2,1-3H3,(H,25,28). The molecule has 0 aliphatic heterocycles. The summed E-state index contributed by atoms with van der Waals surface area (Å²) in [6.45, 7) is 5.18. The third kappa shape index (κ3) is 5.56. The molecule has 1 amide bonds. The van der Waals surface area contributed by atoms with Crippen LogP contribution in [-0.2, 0) is 14.8 Å². The maximum atomic E-state index is 13.4. The van der Waals surface area contributed by atoms with Gasteiger partial charge in [0.15, 0.2) is 0 Å². The van der Waals surface area contributed by atoms with E-state index in [1.165, 1.54) is 30.3 Å². The number of aryl methyl sites for hydroxylation is 2. The molecule has 0 spiro atoms. The van der Waals surface area contributed by atoms with Crippen LogP contribution >= 0.6 is 0 Å². The summed E-state index contributed by atoms with van der Waals surface area (Å²) in [5, 5.41) is 14.1. The quantitative estimate of drug-likeness (QED) is 0.393. The van der Waals surface area contributed by atoms with Gasteiger partial charge in [-0.3, -0.25) is 19.2 Å². The van der Waals surface area contributed by atoms with E-state index in [1.54, 1.807) is 18.2 Å². The second-order valence-electron chi connectivity index (χ2n) is 7.75. The van der Waals surface area contributed by atoms with Crippen LogP contribution in [0.2, 0.25) is 0 Å². The fourth-order valence-electron chi connectivity index (χ4n) is 3.52. The number of sulfonamides is 1. The average Bonchev–Trinajstić information content (AvgIpc) is 2.79. The molecule has 0 saturated carbocycles. The molecule has 0 saturated heterocycles. The van der Waals surface area contributed by atoms with Crippen molar-refractivity contribution in [2.24, 2.45) is 0 Å². The van der Waals surface area contributed by atoms with E-state index >= 15 is 0 Å². The Bertz CT molecular complexity index is 1280. The largest absolute Gasteiger partial charge is 0.348 e. The van der Waals surface area contributed by atoms with E-state index in [0.717, 1.165) is 27.1 Å². The molecule has 8 nitrogen and oxygen atoms in total. The van der Waals surface area contributed by atoms with Crippen molar-refractivity contribution < 1.29 is 18.1 Å². The van der Waals surface area contributed by atoms with Gasteiger partial charge in [0, 0.05) is 12.1 Å². The van der Waals surface area contributed by atoms with E-state index in [1.807, 2.05) is 39.0 Å². The molecule has 1 unspecified atom stereocenters. The molecular weight excluding hydrogens is 442 g/mol. The lowest BCUT2D eigenvalue weighted by Crippen LogP contribution is -2.41. The number of benzene rings is 3. The number of nitro groups is 1. The fraction of sp³-hybridized carbons (Fsp3) is 0.208. The number of anilines is 1. The topological polar surface area (TPSA) is 110 Å². The summed E-state index contributed by atoms with van der Waals surface area (Å²) in [7, 11) is -4.16. The van der Waals surface area contributed by atoms with Gasteiger partial charge in [-0.15, -0.1) is 0 Å². The maximum absolute atomic E-state index is 13.4. The lowest BCUT2D eigenvalue weighted by atomic mass is 10.00. The summed E-state index contributed by atoms with van der Waals surface area (Å²) >= 11 is 0. The Balaban J connectivity index is 1.94. The molecule has 0 fully saturated rings. The minimum Gasteiger partial charge on any atom is -0.348 e. The lowest BCUT2D eigenvalue weighted by Gasteiger charge is -2.25. The molecule has 1 atom stereocenters. The van der Waals surface area contributed by atoms with E-state index in [2.05, 4.69) is 5.32 Å². The third-order valence-electron chi connectivity index (χ3n) is 5.23. The molecule has 1 N–H and O–H groups in total. The Morgan fingerprint density at radius 2 is 1.73 bits per heavy atom. The van der Waals surface area contributed by atoms with Crippen molar-refractivity contribution in [3.8, 4) is 0 Å². The molecule has 9 heteroatoms. The number of hydrogen-bond donors (Lipinski definition) is 1.